The minimum Gasteiger partial charge on any atom is -0.493 e. The molecule has 6 heteroatoms. The Bertz CT molecular complexity index is 705. The van der Waals surface area contributed by atoms with E-state index in [1.165, 1.54) is 7.11 Å². The zero-order valence-electron chi connectivity index (χ0n) is 13.3. The van der Waals surface area contributed by atoms with Crippen LogP contribution < -0.4 is 19.5 Å². The minimum atomic E-state index is -0.240. The summed E-state index contributed by atoms with van der Waals surface area (Å²) in [5, 5.41) is 2.90. The number of aryl methyl sites for hydroxylation is 1. The lowest BCUT2D eigenvalue weighted by molar-refractivity contribution is 0.0933. The van der Waals surface area contributed by atoms with Gasteiger partial charge in [-0.2, -0.15) is 0 Å². The number of furan rings is 1. The molecule has 0 radical (unpaired) electrons. The van der Waals surface area contributed by atoms with E-state index < -0.39 is 0 Å². The van der Waals surface area contributed by atoms with Crippen molar-refractivity contribution in [3.05, 3.63) is 41.3 Å². The predicted octanol–water partition coefficient (Wildman–Crippen LogP) is 2.86. The second kappa shape index (κ2) is 6.24. The number of carbonyl (C=O) groups excluding carboxylic acids is 1. The van der Waals surface area contributed by atoms with Crippen molar-refractivity contribution in [3.8, 4) is 17.2 Å². The highest BCUT2D eigenvalue weighted by atomic mass is 16.6. The van der Waals surface area contributed by atoms with E-state index in [4.69, 9.17) is 18.6 Å². The number of fused-ring (bicyclic) bond motifs is 1. The monoisotopic (exact) mass is 317 g/mol. The predicted molar refractivity (Wildman–Crippen MR) is 83.3 cm³/mol. The molecule has 0 aliphatic carbocycles. The summed E-state index contributed by atoms with van der Waals surface area (Å²) in [5.41, 5.74) is 0.446. The van der Waals surface area contributed by atoms with Crippen LogP contribution in [0.4, 0.5) is 0 Å². The van der Waals surface area contributed by atoms with Crippen molar-refractivity contribution >= 4 is 5.91 Å². The first-order chi connectivity index (χ1) is 11.1. The number of benzene rings is 1. The van der Waals surface area contributed by atoms with Crippen LogP contribution in [0.2, 0.25) is 0 Å². The first kappa shape index (κ1) is 15.3. The van der Waals surface area contributed by atoms with E-state index >= 15 is 0 Å². The first-order valence-corrected chi connectivity index (χ1v) is 7.43. The molecule has 2 heterocycles. The molecule has 122 valence electrons. The van der Waals surface area contributed by atoms with Crippen LogP contribution in [0, 0.1) is 6.92 Å². The molecule has 1 aliphatic heterocycles. The van der Waals surface area contributed by atoms with Crippen LogP contribution in [0.1, 0.15) is 34.8 Å². The maximum Gasteiger partial charge on any atom is 0.252 e. The fourth-order valence-corrected chi connectivity index (χ4v) is 2.44. The van der Waals surface area contributed by atoms with Crippen LogP contribution in [0.5, 0.6) is 17.2 Å². The van der Waals surface area contributed by atoms with E-state index in [0.717, 1.165) is 5.76 Å². The molecule has 3 rings (SSSR count). The summed E-state index contributed by atoms with van der Waals surface area (Å²) < 4.78 is 21.9. The van der Waals surface area contributed by atoms with Gasteiger partial charge in [0.05, 0.1) is 13.2 Å². The summed E-state index contributed by atoms with van der Waals surface area (Å²) in [6, 6.07) is 6.78. The van der Waals surface area contributed by atoms with Gasteiger partial charge in [0, 0.05) is 5.56 Å². The van der Waals surface area contributed by atoms with Gasteiger partial charge in [-0.15, -0.1) is 0 Å². The van der Waals surface area contributed by atoms with E-state index in [1.54, 1.807) is 12.1 Å². The highest BCUT2D eigenvalue weighted by Crippen LogP contribution is 2.40. The molecule has 0 fully saturated rings. The molecule has 0 saturated carbocycles. The summed E-state index contributed by atoms with van der Waals surface area (Å²) in [5.74, 6) is 2.81. The lowest BCUT2D eigenvalue weighted by Gasteiger charge is -2.21. The molecule has 1 N–H and O–H groups in total. The van der Waals surface area contributed by atoms with Crippen LogP contribution in [-0.2, 0) is 0 Å². The average molecular weight is 317 g/mol. The maximum absolute atomic E-state index is 12.5. The molecule has 0 unspecified atom stereocenters. The van der Waals surface area contributed by atoms with Crippen molar-refractivity contribution < 1.29 is 23.4 Å². The number of carbonyl (C=O) groups is 1. The Balaban J connectivity index is 1.82. The quantitative estimate of drug-likeness (QED) is 0.939. The number of rotatable bonds is 4. The van der Waals surface area contributed by atoms with Crippen LogP contribution >= 0.6 is 0 Å². The fraction of sp³-hybridized carbons (Fsp3) is 0.353. The Morgan fingerprint density at radius 3 is 2.74 bits per heavy atom. The molecule has 0 spiro atoms. The summed E-state index contributed by atoms with van der Waals surface area (Å²) >= 11 is 0. The number of methoxy groups -OCH3 is 1. The fourth-order valence-electron chi connectivity index (χ4n) is 2.44. The third kappa shape index (κ3) is 3.11. The highest BCUT2D eigenvalue weighted by molar-refractivity contribution is 5.95. The second-order valence-electron chi connectivity index (χ2n) is 5.35. The number of ether oxygens (including phenoxy) is 3. The summed E-state index contributed by atoms with van der Waals surface area (Å²) in [6.07, 6.45) is 0. The van der Waals surface area contributed by atoms with Gasteiger partial charge in [0.2, 0.25) is 5.75 Å². The van der Waals surface area contributed by atoms with Gasteiger partial charge in [0.15, 0.2) is 11.5 Å². The lowest BCUT2D eigenvalue weighted by Crippen LogP contribution is -2.26. The minimum absolute atomic E-state index is 0.234. The third-order valence-corrected chi connectivity index (χ3v) is 3.63. The van der Waals surface area contributed by atoms with Crippen LogP contribution in [0.15, 0.2) is 28.7 Å². The SMILES string of the molecule is COc1cc(C(=O)N[C@@H](C)c2ccc(C)o2)cc2c1OCCO2. The van der Waals surface area contributed by atoms with Gasteiger partial charge < -0.3 is 23.9 Å². The number of nitrogens with one attached hydrogen (secondary N) is 1. The largest absolute Gasteiger partial charge is 0.493 e. The van der Waals surface area contributed by atoms with Crippen molar-refractivity contribution in [2.75, 3.05) is 20.3 Å². The number of hydrogen-bond donors (Lipinski definition) is 1. The van der Waals surface area contributed by atoms with Crippen molar-refractivity contribution in [1.82, 2.24) is 5.32 Å². The highest BCUT2D eigenvalue weighted by Gasteiger charge is 2.22. The van der Waals surface area contributed by atoms with E-state index in [1.807, 2.05) is 26.0 Å². The Morgan fingerprint density at radius 1 is 1.26 bits per heavy atom. The van der Waals surface area contributed by atoms with Gasteiger partial charge in [-0.3, -0.25) is 4.79 Å². The summed E-state index contributed by atoms with van der Waals surface area (Å²) in [7, 11) is 1.53. The molecule has 1 aromatic heterocycles. The molecule has 1 atom stereocenters. The molecular weight excluding hydrogens is 298 g/mol. The first-order valence-electron chi connectivity index (χ1n) is 7.43. The van der Waals surface area contributed by atoms with Crippen LogP contribution in [-0.4, -0.2) is 26.2 Å². The second-order valence-corrected chi connectivity index (χ2v) is 5.35. The molecule has 2 aromatic rings. The molecule has 1 aliphatic rings. The zero-order chi connectivity index (χ0) is 16.4. The standard InChI is InChI=1S/C17H19NO5/c1-10-4-5-13(23-10)11(2)18-17(19)12-8-14(20-3)16-15(9-12)21-6-7-22-16/h4-5,8-9,11H,6-7H2,1-3H3,(H,18,19)/t11-/m0/s1. The van der Waals surface area contributed by atoms with Crippen LogP contribution in [0.25, 0.3) is 0 Å². The van der Waals surface area contributed by atoms with Crippen molar-refractivity contribution in [2.24, 2.45) is 0 Å². The Hall–Kier alpha value is -2.63. The van der Waals surface area contributed by atoms with E-state index in [9.17, 15) is 4.79 Å². The van der Waals surface area contributed by atoms with E-state index in [0.29, 0.717) is 41.8 Å². The van der Waals surface area contributed by atoms with Gasteiger partial charge in [0.1, 0.15) is 24.7 Å². The van der Waals surface area contributed by atoms with Crippen molar-refractivity contribution in [3.63, 3.8) is 0 Å². The molecule has 1 aromatic carbocycles. The maximum atomic E-state index is 12.5. The third-order valence-electron chi connectivity index (χ3n) is 3.63. The lowest BCUT2D eigenvalue weighted by atomic mass is 10.1. The van der Waals surface area contributed by atoms with Crippen molar-refractivity contribution in [2.45, 2.75) is 19.9 Å². The summed E-state index contributed by atoms with van der Waals surface area (Å²) in [4.78, 5) is 12.5. The van der Waals surface area contributed by atoms with Gasteiger partial charge in [-0.1, -0.05) is 0 Å². The van der Waals surface area contributed by atoms with Crippen LogP contribution in [0.3, 0.4) is 0 Å². The molecule has 1 amide bonds. The number of hydrogen-bond acceptors (Lipinski definition) is 5. The normalized spacial score (nSPS) is 14.2. The summed E-state index contributed by atoms with van der Waals surface area (Å²) in [6.45, 7) is 4.64. The Labute approximate surface area is 134 Å². The van der Waals surface area contributed by atoms with Gasteiger partial charge in [-0.25, -0.2) is 0 Å². The van der Waals surface area contributed by atoms with Gasteiger partial charge in [0.25, 0.3) is 5.91 Å². The number of amides is 1. The van der Waals surface area contributed by atoms with Gasteiger partial charge >= 0.3 is 0 Å². The zero-order valence-corrected chi connectivity index (χ0v) is 13.3. The smallest absolute Gasteiger partial charge is 0.252 e. The molecular formula is C17H19NO5. The van der Waals surface area contributed by atoms with E-state index in [2.05, 4.69) is 5.32 Å². The van der Waals surface area contributed by atoms with Gasteiger partial charge in [-0.05, 0) is 38.1 Å². The Morgan fingerprint density at radius 2 is 2.04 bits per heavy atom. The Kier molecular flexibility index (Phi) is 4.14. The molecule has 0 bridgehead atoms. The van der Waals surface area contributed by atoms with Crippen molar-refractivity contribution in [1.29, 1.82) is 0 Å². The average Bonchev–Trinajstić information content (AvgIpc) is 3.00. The topological polar surface area (TPSA) is 69.9 Å². The van der Waals surface area contributed by atoms with E-state index in [-0.39, 0.29) is 11.9 Å². The molecule has 0 saturated heterocycles. The molecule has 23 heavy (non-hydrogen) atoms. The molecule has 6 nitrogen and oxygen atoms in total.